The predicted molar refractivity (Wildman–Crippen MR) is 78.3 cm³/mol. The van der Waals surface area contributed by atoms with Crippen LogP contribution in [0, 0.1) is 0 Å². The highest BCUT2D eigenvalue weighted by Gasteiger charge is 2.23. The molecule has 110 valence electrons. The van der Waals surface area contributed by atoms with Crippen LogP contribution in [-0.4, -0.2) is 38.1 Å². The van der Waals surface area contributed by atoms with Crippen molar-refractivity contribution in [1.29, 1.82) is 0 Å². The lowest BCUT2D eigenvalue weighted by Gasteiger charge is -2.22. The van der Waals surface area contributed by atoms with Crippen LogP contribution in [0.4, 0.5) is 5.69 Å². The molecule has 2 rings (SSSR count). The molecule has 1 aliphatic heterocycles. The van der Waals surface area contributed by atoms with Crippen molar-refractivity contribution in [2.75, 3.05) is 25.5 Å². The van der Waals surface area contributed by atoms with E-state index in [1.54, 1.807) is 31.4 Å². The van der Waals surface area contributed by atoms with Crippen molar-refractivity contribution in [1.82, 2.24) is 10.6 Å². The Labute approximate surface area is 123 Å². The second-order valence-corrected chi connectivity index (χ2v) is 4.28. The summed E-state index contributed by atoms with van der Waals surface area (Å²) in [6, 6.07) is 6.59. The lowest BCUT2D eigenvalue weighted by atomic mass is 10.1. The zero-order valence-corrected chi connectivity index (χ0v) is 12.0. The number of amides is 2. The largest absolute Gasteiger partial charge is 0.497 e. The van der Waals surface area contributed by atoms with Crippen LogP contribution in [0.15, 0.2) is 24.3 Å². The van der Waals surface area contributed by atoms with Crippen molar-refractivity contribution in [3.8, 4) is 5.75 Å². The number of hydrogen-bond acceptors (Lipinski definition) is 4. The number of methoxy groups -OCH3 is 1. The average molecular weight is 300 g/mol. The summed E-state index contributed by atoms with van der Waals surface area (Å²) in [6.07, 6.45) is 0.123. The van der Waals surface area contributed by atoms with Gasteiger partial charge in [0.15, 0.2) is 0 Å². The van der Waals surface area contributed by atoms with Gasteiger partial charge >= 0.3 is 0 Å². The van der Waals surface area contributed by atoms with Gasteiger partial charge in [-0.25, -0.2) is 0 Å². The van der Waals surface area contributed by atoms with Gasteiger partial charge in [-0.2, -0.15) is 0 Å². The number of nitrogens with one attached hydrogen (secondary N) is 3. The third kappa shape index (κ3) is 4.40. The van der Waals surface area contributed by atoms with Gasteiger partial charge in [-0.05, 0) is 24.3 Å². The van der Waals surface area contributed by atoms with E-state index in [0.29, 0.717) is 18.8 Å². The first kappa shape index (κ1) is 16.3. The van der Waals surface area contributed by atoms with E-state index in [9.17, 15) is 9.59 Å². The molecule has 0 radical (unpaired) electrons. The number of hydrogen-bond donors (Lipinski definition) is 3. The number of piperazine rings is 1. The molecule has 1 saturated heterocycles. The first-order valence-corrected chi connectivity index (χ1v) is 6.14. The maximum absolute atomic E-state index is 11.8. The van der Waals surface area contributed by atoms with Gasteiger partial charge in [0, 0.05) is 18.8 Å². The summed E-state index contributed by atoms with van der Waals surface area (Å²) in [7, 11) is 1.58. The van der Waals surface area contributed by atoms with Gasteiger partial charge in [-0.15, -0.1) is 12.4 Å². The molecule has 1 fully saturated rings. The smallest absolute Gasteiger partial charge is 0.237 e. The van der Waals surface area contributed by atoms with Crippen LogP contribution in [0.1, 0.15) is 6.42 Å². The molecule has 1 atom stereocenters. The minimum absolute atomic E-state index is 0. The zero-order valence-electron chi connectivity index (χ0n) is 11.1. The van der Waals surface area contributed by atoms with E-state index < -0.39 is 6.04 Å². The number of benzene rings is 1. The van der Waals surface area contributed by atoms with E-state index in [-0.39, 0.29) is 30.6 Å². The van der Waals surface area contributed by atoms with Crippen LogP contribution in [0.2, 0.25) is 0 Å². The minimum atomic E-state index is -0.452. The molecule has 1 aromatic carbocycles. The Kier molecular flexibility index (Phi) is 6.27. The molecular formula is C13H18ClN3O3. The van der Waals surface area contributed by atoms with Crippen molar-refractivity contribution >= 4 is 29.9 Å². The van der Waals surface area contributed by atoms with Crippen LogP contribution >= 0.6 is 12.4 Å². The van der Waals surface area contributed by atoms with Gasteiger partial charge in [-0.1, -0.05) is 0 Å². The van der Waals surface area contributed by atoms with Crippen LogP contribution in [0.5, 0.6) is 5.75 Å². The third-order valence-electron chi connectivity index (χ3n) is 2.89. The zero-order chi connectivity index (χ0) is 13.7. The lowest BCUT2D eigenvalue weighted by Crippen LogP contribution is -2.53. The maximum Gasteiger partial charge on any atom is 0.237 e. The van der Waals surface area contributed by atoms with Crippen LogP contribution in [0.3, 0.4) is 0 Å². The summed E-state index contributed by atoms with van der Waals surface area (Å²) in [5.41, 5.74) is 0.682. The predicted octanol–water partition coefficient (Wildman–Crippen LogP) is 0.534. The molecule has 3 N–H and O–H groups in total. The highest BCUT2D eigenvalue weighted by atomic mass is 35.5. The molecule has 1 heterocycles. The van der Waals surface area contributed by atoms with Crippen molar-refractivity contribution in [2.45, 2.75) is 12.5 Å². The van der Waals surface area contributed by atoms with E-state index in [1.165, 1.54) is 0 Å². The fourth-order valence-corrected chi connectivity index (χ4v) is 1.88. The third-order valence-corrected chi connectivity index (χ3v) is 2.89. The quantitative estimate of drug-likeness (QED) is 0.758. The molecule has 1 aromatic rings. The summed E-state index contributed by atoms with van der Waals surface area (Å²) in [6.45, 7) is 1.29. The Morgan fingerprint density at radius 1 is 1.35 bits per heavy atom. The maximum atomic E-state index is 11.8. The second-order valence-electron chi connectivity index (χ2n) is 4.28. The number of anilines is 1. The van der Waals surface area contributed by atoms with E-state index in [1.807, 2.05) is 0 Å². The normalized spacial score (nSPS) is 17.6. The molecule has 20 heavy (non-hydrogen) atoms. The van der Waals surface area contributed by atoms with Gasteiger partial charge in [0.2, 0.25) is 11.8 Å². The fraction of sp³-hybridized carbons (Fsp3) is 0.385. The molecule has 0 aliphatic carbocycles. The molecular weight excluding hydrogens is 282 g/mol. The number of carbonyl (C=O) groups is 2. The molecule has 7 heteroatoms. The van der Waals surface area contributed by atoms with Gasteiger partial charge in [0.25, 0.3) is 0 Å². The van der Waals surface area contributed by atoms with Crippen LogP contribution in [-0.2, 0) is 9.59 Å². The molecule has 0 aromatic heterocycles. The molecule has 2 amide bonds. The second kappa shape index (κ2) is 7.72. The van der Waals surface area contributed by atoms with E-state index in [0.717, 1.165) is 5.75 Å². The lowest BCUT2D eigenvalue weighted by molar-refractivity contribution is -0.127. The van der Waals surface area contributed by atoms with Crippen molar-refractivity contribution in [2.24, 2.45) is 0 Å². The van der Waals surface area contributed by atoms with E-state index in [2.05, 4.69) is 16.0 Å². The fourth-order valence-electron chi connectivity index (χ4n) is 1.88. The molecule has 6 nitrogen and oxygen atoms in total. The topological polar surface area (TPSA) is 79.5 Å². The van der Waals surface area contributed by atoms with Gasteiger partial charge in [0.05, 0.1) is 19.6 Å². The summed E-state index contributed by atoms with van der Waals surface area (Å²) >= 11 is 0. The summed E-state index contributed by atoms with van der Waals surface area (Å²) < 4.78 is 5.03. The Morgan fingerprint density at radius 3 is 2.65 bits per heavy atom. The molecule has 0 saturated carbocycles. The first-order valence-electron chi connectivity index (χ1n) is 6.14. The first-order chi connectivity index (χ1) is 9.19. The molecule has 0 bridgehead atoms. The van der Waals surface area contributed by atoms with E-state index in [4.69, 9.17) is 4.74 Å². The number of carbonyl (C=O) groups excluding carboxylic acids is 2. The molecule has 0 spiro atoms. The van der Waals surface area contributed by atoms with Crippen molar-refractivity contribution in [3.63, 3.8) is 0 Å². The van der Waals surface area contributed by atoms with Gasteiger partial charge in [-0.3, -0.25) is 9.59 Å². The van der Waals surface area contributed by atoms with Crippen molar-refractivity contribution in [3.05, 3.63) is 24.3 Å². The number of ether oxygens (including phenoxy) is 1. The van der Waals surface area contributed by atoms with Crippen LogP contribution < -0.4 is 20.7 Å². The Morgan fingerprint density at radius 2 is 2.05 bits per heavy atom. The number of halogens is 1. The average Bonchev–Trinajstić information content (AvgIpc) is 2.42. The SMILES string of the molecule is COc1ccc(NC(=O)CC2NCCNC2=O)cc1.Cl. The van der Waals surface area contributed by atoms with E-state index >= 15 is 0 Å². The monoisotopic (exact) mass is 299 g/mol. The Balaban J connectivity index is 0.00000200. The minimum Gasteiger partial charge on any atom is -0.497 e. The Hall–Kier alpha value is -1.79. The molecule has 1 unspecified atom stereocenters. The standard InChI is InChI=1S/C13H17N3O3.ClH/c1-19-10-4-2-9(3-5-10)16-12(17)8-11-13(18)15-7-6-14-11;/h2-5,11,14H,6-8H2,1H3,(H,15,18)(H,16,17);1H. The highest BCUT2D eigenvalue weighted by Crippen LogP contribution is 2.15. The molecule has 1 aliphatic rings. The highest BCUT2D eigenvalue weighted by molar-refractivity contribution is 5.95. The van der Waals surface area contributed by atoms with Gasteiger partial charge < -0.3 is 20.7 Å². The summed E-state index contributed by atoms with van der Waals surface area (Å²) in [5.74, 6) is 0.405. The van der Waals surface area contributed by atoms with Crippen LogP contribution in [0.25, 0.3) is 0 Å². The summed E-state index contributed by atoms with van der Waals surface area (Å²) in [4.78, 5) is 23.3. The Bertz CT molecular complexity index is 464. The number of rotatable bonds is 4. The van der Waals surface area contributed by atoms with Gasteiger partial charge in [0.1, 0.15) is 5.75 Å². The summed E-state index contributed by atoms with van der Waals surface area (Å²) in [5, 5.41) is 8.48. The van der Waals surface area contributed by atoms with Crippen molar-refractivity contribution < 1.29 is 14.3 Å².